The highest BCUT2D eigenvalue weighted by molar-refractivity contribution is 7.89. The largest absolute Gasteiger partial charge is 0.356 e. The minimum atomic E-state index is -4.12. The molecule has 3 fully saturated rings. The molecule has 2 heterocycles. The molecular formula is C30H38Cl2N4O4S. The Morgan fingerprint density at radius 1 is 1.00 bits per heavy atom. The Bertz CT molecular complexity index is 1330. The van der Waals surface area contributed by atoms with Crippen LogP contribution in [0.5, 0.6) is 0 Å². The van der Waals surface area contributed by atoms with Gasteiger partial charge in [0, 0.05) is 30.7 Å². The highest BCUT2D eigenvalue weighted by Gasteiger charge is 2.40. The number of hydrogen-bond acceptors (Lipinski definition) is 5. The second kappa shape index (κ2) is 13.4. The fourth-order valence-corrected chi connectivity index (χ4v) is 8.99. The van der Waals surface area contributed by atoms with Gasteiger partial charge in [0.25, 0.3) is 0 Å². The summed E-state index contributed by atoms with van der Waals surface area (Å²) in [6.07, 6.45) is 6.54. The quantitative estimate of drug-likeness (QED) is 0.426. The zero-order chi connectivity index (χ0) is 29.0. The Morgan fingerprint density at radius 3 is 2.39 bits per heavy atom. The van der Waals surface area contributed by atoms with E-state index < -0.39 is 22.0 Å². The number of sulfonamides is 1. The molecule has 0 bridgehead atoms. The van der Waals surface area contributed by atoms with Gasteiger partial charge in [0.15, 0.2) is 0 Å². The first-order valence-electron chi connectivity index (χ1n) is 14.5. The molecular weight excluding hydrogens is 583 g/mol. The summed E-state index contributed by atoms with van der Waals surface area (Å²) in [6, 6.07) is 14.2. The minimum Gasteiger partial charge on any atom is -0.356 e. The van der Waals surface area contributed by atoms with E-state index in [4.69, 9.17) is 23.2 Å². The number of nitrogens with one attached hydrogen (secondary N) is 2. The number of carbonyl (C=O) groups excluding carboxylic acids is 2. The standard InChI is InChI=1S/C30H38Cl2N4O4S/c31-24-12-13-27(25(32)18-24)41(39,40)36-17-14-33-30(38)26(36)19-28(37)34-20-21-8-10-23(11-9-21)29(35-15-4-5-16-35)22-6-2-1-3-7-22/h1-3,6-7,12-13,18,21,23,26,29H,4-5,8-11,14-17,19-20H2,(H,33,38)(H,34,37). The summed E-state index contributed by atoms with van der Waals surface area (Å²) < 4.78 is 27.9. The Labute approximate surface area is 252 Å². The van der Waals surface area contributed by atoms with E-state index >= 15 is 0 Å². The highest BCUT2D eigenvalue weighted by Crippen LogP contribution is 2.41. The molecule has 1 saturated carbocycles. The van der Waals surface area contributed by atoms with E-state index in [0.717, 1.165) is 43.1 Å². The molecule has 11 heteroatoms. The van der Waals surface area contributed by atoms with Crippen LogP contribution in [0.2, 0.25) is 10.0 Å². The third-order valence-electron chi connectivity index (χ3n) is 8.74. The first kappa shape index (κ1) is 30.3. The van der Waals surface area contributed by atoms with Gasteiger partial charge in [-0.25, -0.2) is 8.42 Å². The Morgan fingerprint density at radius 2 is 1.71 bits per heavy atom. The van der Waals surface area contributed by atoms with E-state index in [1.807, 2.05) is 0 Å². The molecule has 2 N–H and O–H groups in total. The monoisotopic (exact) mass is 620 g/mol. The zero-order valence-electron chi connectivity index (χ0n) is 23.1. The third-order valence-corrected chi connectivity index (χ3v) is 11.4. The van der Waals surface area contributed by atoms with Crippen LogP contribution < -0.4 is 10.6 Å². The molecule has 2 aromatic rings. The van der Waals surface area contributed by atoms with Gasteiger partial charge in [0.05, 0.1) is 11.4 Å². The lowest BCUT2D eigenvalue weighted by Gasteiger charge is -2.39. The van der Waals surface area contributed by atoms with Crippen molar-refractivity contribution >= 4 is 45.0 Å². The van der Waals surface area contributed by atoms with Crippen LogP contribution in [0, 0.1) is 11.8 Å². The summed E-state index contributed by atoms with van der Waals surface area (Å²) in [5.41, 5.74) is 1.40. The Hall–Kier alpha value is -2.17. The lowest BCUT2D eigenvalue weighted by Crippen LogP contribution is -2.58. The van der Waals surface area contributed by atoms with Crippen molar-refractivity contribution in [3.63, 3.8) is 0 Å². The average Bonchev–Trinajstić information content (AvgIpc) is 3.48. The number of amides is 2. The fraction of sp³-hybridized carbons (Fsp3) is 0.533. The molecule has 2 atom stereocenters. The highest BCUT2D eigenvalue weighted by atomic mass is 35.5. The van der Waals surface area contributed by atoms with Crippen molar-refractivity contribution in [2.75, 3.05) is 32.7 Å². The van der Waals surface area contributed by atoms with Gasteiger partial charge in [-0.3, -0.25) is 14.5 Å². The number of halogens is 2. The van der Waals surface area contributed by atoms with Gasteiger partial charge >= 0.3 is 0 Å². The van der Waals surface area contributed by atoms with Crippen LogP contribution in [0.1, 0.15) is 56.6 Å². The zero-order valence-corrected chi connectivity index (χ0v) is 25.4. The molecule has 8 nitrogen and oxygen atoms in total. The van der Waals surface area contributed by atoms with Crippen LogP contribution in [-0.4, -0.2) is 68.2 Å². The number of rotatable bonds is 9. The van der Waals surface area contributed by atoms with Crippen LogP contribution in [0.15, 0.2) is 53.4 Å². The first-order chi connectivity index (χ1) is 19.7. The molecule has 0 radical (unpaired) electrons. The van der Waals surface area contributed by atoms with Crippen molar-refractivity contribution in [3.05, 3.63) is 64.1 Å². The third kappa shape index (κ3) is 7.08. The second-order valence-electron chi connectivity index (χ2n) is 11.4. The van der Waals surface area contributed by atoms with E-state index in [1.165, 1.54) is 36.6 Å². The summed E-state index contributed by atoms with van der Waals surface area (Å²) in [7, 11) is -4.12. The van der Waals surface area contributed by atoms with Crippen LogP contribution >= 0.6 is 23.2 Å². The second-order valence-corrected chi connectivity index (χ2v) is 14.1. The smallest absolute Gasteiger partial charge is 0.245 e. The molecule has 2 saturated heterocycles. The number of hydrogen-bond donors (Lipinski definition) is 2. The van der Waals surface area contributed by atoms with Crippen molar-refractivity contribution in [1.29, 1.82) is 0 Å². The summed E-state index contributed by atoms with van der Waals surface area (Å²) in [4.78, 5) is 28.2. The van der Waals surface area contributed by atoms with E-state index in [2.05, 4.69) is 45.9 Å². The lowest BCUT2D eigenvalue weighted by atomic mass is 9.76. The van der Waals surface area contributed by atoms with Crippen LogP contribution in [0.4, 0.5) is 0 Å². The molecule has 0 aromatic heterocycles. The van der Waals surface area contributed by atoms with E-state index in [0.29, 0.717) is 29.4 Å². The van der Waals surface area contributed by atoms with Gasteiger partial charge in [0.1, 0.15) is 10.9 Å². The van der Waals surface area contributed by atoms with Crippen molar-refractivity contribution in [3.8, 4) is 0 Å². The molecule has 2 amide bonds. The van der Waals surface area contributed by atoms with Crippen LogP contribution in [0.3, 0.4) is 0 Å². The molecule has 2 aromatic carbocycles. The lowest BCUT2D eigenvalue weighted by molar-refractivity contribution is -0.131. The van der Waals surface area contributed by atoms with Crippen LogP contribution in [-0.2, 0) is 19.6 Å². The van der Waals surface area contributed by atoms with E-state index in [9.17, 15) is 18.0 Å². The first-order valence-corrected chi connectivity index (χ1v) is 16.7. The van der Waals surface area contributed by atoms with E-state index in [1.54, 1.807) is 0 Å². The summed E-state index contributed by atoms with van der Waals surface area (Å²) >= 11 is 12.1. The summed E-state index contributed by atoms with van der Waals surface area (Å²) in [5, 5.41) is 5.96. The Kier molecular flexibility index (Phi) is 9.92. The number of carbonyl (C=O) groups is 2. The molecule has 2 unspecified atom stereocenters. The normalized spacial score (nSPS) is 25.0. The topological polar surface area (TPSA) is 98.8 Å². The molecule has 3 aliphatic rings. The van der Waals surface area contributed by atoms with Gasteiger partial charge in [-0.1, -0.05) is 53.5 Å². The molecule has 222 valence electrons. The number of benzene rings is 2. The number of piperazine rings is 1. The number of likely N-dealkylation sites (tertiary alicyclic amines) is 1. The van der Waals surface area contributed by atoms with Crippen LogP contribution in [0.25, 0.3) is 0 Å². The minimum absolute atomic E-state index is 0.0264. The van der Waals surface area contributed by atoms with E-state index in [-0.39, 0.29) is 35.3 Å². The fourth-order valence-electron chi connectivity index (χ4n) is 6.65. The maximum atomic E-state index is 13.4. The Balaban J connectivity index is 1.17. The summed E-state index contributed by atoms with van der Waals surface area (Å²) in [6.45, 7) is 3.04. The number of nitrogens with zero attached hydrogens (tertiary/aromatic N) is 2. The maximum absolute atomic E-state index is 13.4. The van der Waals surface area contributed by atoms with Gasteiger partial charge in [-0.2, -0.15) is 4.31 Å². The molecule has 1 aliphatic carbocycles. The van der Waals surface area contributed by atoms with Crippen molar-refractivity contribution < 1.29 is 18.0 Å². The molecule has 5 rings (SSSR count). The predicted octanol–water partition coefficient (Wildman–Crippen LogP) is 4.63. The van der Waals surface area contributed by atoms with Crippen molar-refractivity contribution in [2.24, 2.45) is 11.8 Å². The van der Waals surface area contributed by atoms with Crippen molar-refractivity contribution in [2.45, 2.75) is 61.9 Å². The molecule has 41 heavy (non-hydrogen) atoms. The molecule has 2 aliphatic heterocycles. The summed E-state index contributed by atoms with van der Waals surface area (Å²) in [5.74, 6) is 0.121. The predicted molar refractivity (Wildman–Crippen MR) is 160 cm³/mol. The van der Waals surface area contributed by atoms with Gasteiger partial charge < -0.3 is 10.6 Å². The van der Waals surface area contributed by atoms with Gasteiger partial charge in [-0.05, 0) is 87.2 Å². The maximum Gasteiger partial charge on any atom is 0.245 e. The SMILES string of the molecule is O=C(CC1C(=O)NCCN1S(=O)(=O)c1ccc(Cl)cc1Cl)NCC1CCC(C(c2ccccc2)N2CCCC2)CC1. The molecule has 0 spiro atoms. The van der Waals surface area contributed by atoms with Crippen molar-refractivity contribution in [1.82, 2.24) is 19.8 Å². The average molecular weight is 622 g/mol. The van der Waals surface area contributed by atoms with Gasteiger partial charge in [0.2, 0.25) is 21.8 Å². The van der Waals surface area contributed by atoms with Gasteiger partial charge in [-0.15, -0.1) is 0 Å².